The Morgan fingerprint density at radius 3 is 2.85 bits per heavy atom. The average molecular weight is 394 g/mol. The SMILES string of the molecule is CCO[C@@H]1OC(C(=O)NC2CCCCC2)=C[C@H](c2ccsc2)[C@H]1CCCO. The molecule has 2 N–H and O–H groups in total. The number of aliphatic hydroxyl groups is 1. The van der Waals surface area contributed by atoms with Gasteiger partial charge in [0.15, 0.2) is 5.76 Å². The normalized spacial score (nSPS) is 26.3. The lowest BCUT2D eigenvalue weighted by atomic mass is 9.81. The van der Waals surface area contributed by atoms with E-state index in [1.54, 1.807) is 11.3 Å². The number of carbonyl (C=O) groups is 1. The fourth-order valence-electron chi connectivity index (χ4n) is 4.11. The zero-order chi connectivity index (χ0) is 19.1. The first kappa shape index (κ1) is 20.4. The molecule has 1 aromatic rings. The van der Waals surface area contributed by atoms with Crippen LogP contribution in [0.5, 0.6) is 0 Å². The molecule has 2 heterocycles. The third-order valence-corrected chi connectivity index (χ3v) is 6.21. The van der Waals surface area contributed by atoms with Crippen molar-refractivity contribution in [3.05, 3.63) is 34.2 Å². The number of carbonyl (C=O) groups excluding carboxylic acids is 1. The Labute approximate surface area is 165 Å². The highest BCUT2D eigenvalue weighted by molar-refractivity contribution is 7.08. The Balaban J connectivity index is 1.80. The quantitative estimate of drug-likeness (QED) is 0.702. The van der Waals surface area contributed by atoms with Crippen LogP contribution in [0.1, 0.15) is 63.4 Å². The van der Waals surface area contributed by atoms with Crippen molar-refractivity contribution < 1.29 is 19.4 Å². The standard InChI is InChI=1S/C21H31NO4S/c1-2-25-21-17(9-6-11-23)18(15-10-12-27-14-15)13-19(26-21)20(24)22-16-7-4-3-5-8-16/h10,12-14,16-18,21,23H,2-9,11H2,1H3,(H,22,24)/t17-,18-,21-/m1/s1. The van der Waals surface area contributed by atoms with Crippen LogP contribution in [-0.4, -0.2) is 36.6 Å². The molecule has 27 heavy (non-hydrogen) atoms. The van der Waals surface area contributed by atoms with Gasteiger partial charge in [0.25, 0.3) is 5.91 Å². The van der Waals surface area contributed by atoms with Gasteiger partial charge in [-0.1, -0.05) is 19.3 Å². The Morgan fingerprint density at radius 1 is 1.37 bits per heavy atom. The van der Waals surface area contributed by atoms with Gasteiger partial charge in [0.1, 0.15) is 0 Å². The van der Waals surface area contributed by atoms with Crippen molar-refractivity contribution in [2.24, 2.45) is 5.92 Å². The van der Waals surface area contributed by atoms with E-state index in [1.807, 2.05) is 13.0 Å². The summed E-state index contributed by atoms with van der Waals surface area (Å²) in [6.45, 7) is 2.60. The first-order valence-corrected chi connectivity index (χ1v) is 11.1. The molecule has 1 saturated carbocycles. The van der Waals surface area contributed by atoms with Gasteiger partial charge in [-0.25, -0.2) is 0 Å². The molecule has 3 rings (SSSR count). The average Bonchev–Trinajstić information content (AvgIpc) is 3.22. The maximum Gasteiger partial charge on any atom is 0.286 e. The van der Waals surface area contributed by atoms with Gasteiger partial charge < -0.3 is 19.9 Å². The van der Waals surface area contributed by atoms with Crippen LogP contribution in [0.15, 0.2) is 28.7 Å². The molecule has 3 atom stereocenters. The van der Waals surface area contributed by atoms with Crippen LogP contribution in [0.4, 0.5) is 0 Å². The number of aliphatic hydroxyl groups excluding tert-OH is 1. The number of hydrogen-bond donors (Lipinski definition) is 2. The second-order valence-corrected chi connectivity index (χ2v) is 8.17. The van der Waals surface area contributed by atoms with E-state index in [1.165, 1.54) is 24.8 Å². The third-order valence-electron chi connectivity index (χ3n) is 5.50. The van der Waals surface area contributed by atoms with Crippen molar-refractivity contribution in [2.75, 3.05) is 13.2 Å². The molecule has 150 valence electrons. The molecule has 1 fully saturated rings. The van der Waals surface area contributed by atoms with E-state index >= 15 is 0 Å². The molecular formula is C21H31NO4S. The van der Waals surface area contributed by atoms with E-state index in [0.29, 0.717) is 18.8 Å². The lowest BCUT2D eigenvalue weighted by Gasteiger charge is -2.37. The molecule has 5 nitrogen and oxygen atoms in total. The predicted molar refractivity (Wildman–Crippen MR) is 106 cm³/mol. The third kappa shape index (κ3) is 5.33. The zero-order valence-corrected chi connectivity index (χ0v) is 16.9. The smallest absolute Gasteiger partial charge is 0.286 e. The molecule has 0 saturated heterocycles. The number of allylic oxidation sites excluding steroid dienone is 1. The monoisotopic (exact) mass is 393 g/mol. The first-order valence-electron chi connectivity index (χ1n) is 10.2. The van der Waals surface area contributed by atoms with Gasteiger partial charge in [-0.2, -0.15) is 11.3 Å². The van der Waals surface area contributed by atoms with Crippen molar-refractivity contribution in [3.8, 4) is 0 Å². The number of amides is 1. The van der Waals surface area contributed by atoms with Crippen molar-refractivity contribution in [1.29, 1.82) is 0 Å². The minimum absolute atomic E-state index is 0.0557. The van der Waals surface area contributed by atoms with Gasteiger partial charge in [0.05, 0.1) is 0 Å². The van der Waals surface area contributed by atoms with Gasteiger partial charge >= 0.3 is 0 Å². The lowest BCUT2D eigenvalue weighted by molar-refractivity contribution is -0.166. The zero-order valence-electron chi connectivity index (χ0n) is 16.1. The Kier molecular flexibility index (Phi) is 7.73. The number of rotatable bonds is 8. The minimum atomic E-state index is -0.469. The Bertz CT molecular complexity index is 610. The fraction of sp³-hybridized carbons (Fsp3) is 0.667. The van der Waals surface area contributed by atoms with Crippen LogP contribution in [0.2, 0.25) is 0 Å². The summed E-state index contributed by atoms with van der Waals surface area (Å²) in [6.07, 6.45) is 8.65. The summed E-state index contributed by atoms with van der Waals surface area (Å²) >= 11 is 1.65. The molecule has 1 aromatic heterocycles. The van der Waals surface area contributed by atoms with Crippen molar-refractivity contribution in [1.82, 2.24) is 5.32 Å². The van der Waals surface area contributed by atoms with E-state index in [-0.39, 0.29) is 30.4 Å². The predicted octanol–water partition coefficient (Wildman–Crippen LogP) is 3.95. The molecule has 0 spiro atoms. The Hall–Kier alpha value is -1.37. The highest BCUT2D eigenvalue weighted by atomic mass is 32.1. The second kappa shape index (κ2) is 10.2. The lowest BCUT2D eigenvalue weighted by Crippen LogP contribution is -2.42. The van der Waals surface area contributed by atoms with Crippen LogP contribution in [-0.2, 0) is 14.3 Å². The first-order chi connectivity index (χ1) is 13.2. The second-order valence-electron chi connectivity index (χ2n) is 7.39. The number of hydrogen-bond acceptors (Lipinski definition) is 5. The highest BCUT2D eigenvalue weighted by Gasteiger charge is 2.38. The van der Waals surface area contributed by atoms with Crippen LogP contribution < -0.4 is 5.32 Å². The molecule has 0 radical (unpaired) electrons. The fourth-order valence-corrected chi connectivity index (χ4v) is 4.82. The summed E-state index contributed by atoms with van der Waals surface area (Å²) in [7, 11) is 0. The van der Waals surface area contributed by atoms with E-state index in [2.05, 4.69) is 22.1 Å². The maximum atomic E-state index is 12.9. The summed E-state index contributed by atoms with van der Waals surface area (Å²) < 4.78 is 11.9. The molecular weight excluding hydrogens is 362 g/mol. The topological polar surface area (TPSA) is 67.8 Å². The molecule has 0 aromatic carbocycles. The molecule has 1 amide bonds. The van der Waals surface area contributed by atoms with Crippen molar-refractivity contribution in [2.45, 2.75) is 70.1 Å². The molecule has 1 aliphatic heterocycles. The summed E-state index contributed by atoms with van der Waals surface area (Å²) in [5.41, 5.74) is 1.18. The molecule has 0 unspecified atom stereocenters. The van der Waals surface area contributed by atoms with Gasteiger partial charge in [-0.15, -0.1) is 0 Å². The number of ether oxygens (including phenoxy) is 2. The van der Waals surface area contributed by atoms with E-state index in [9.17, 15) is 9.90 Å². The Morgan fingerprint density at radius 2 is 2.19 bits per heavy atom. The maximum absolute atomic E-state index is 12.9. The summed E-state index contributed by atoms with van der Waals surface area (Å²) in [4.78, 5) is 12.9. The number of thiophene rings is 1. The summed E-state index contributed by atoms with van der Waals surface area (Å²) in [5, 5.41) is 16.6. The minimum Gasteiger partial charge on any atom is -0.459 e. The summed E-state index contributed by atoms with van der Waals surface area (Å²) in [6, 6.07) is 2.34. The summed E-state index contributed by atoms with van der Waals surface area (Å²) in [5.74, 6) is 0.376. The van der Waals surface area contributed by atoms with Gasteiger partial charge in [0.2, 0.25) is 6.29 Å². The van der Waals surface area contributed by atoms with Crippen molar-refractivity contribution >= 4 is 17.2 Å². The van der Waals surface area contributed by atoms with Crippen LogP contribution in [0, 0.1) is 5.92 Å². The molecule has 6 heteroatoms. The van der Waals surface area contributed by atoms with Gasteiger partial charge in [-0.05, 0) is 61.1 Å². The van der Waals surface area contributed by atoms with Crippen LogP contribution in [0.3, 0.4) is 0 Å². The van der Waals surface area contributed by atoms with Crippen LogP contribution in [0.25, 0.3) is 0 Å². The highest BCUT2D eigenvalue weighted by Crippen LogP contribution is 2.40. The largest absolute Gasteiger partial charge is 0.459 e. The van der Waals surface area contributed by atoms with E-state index in [4.69, 9.17) is 9.47 Å². The molecule has 0 bridgehead atoms. The van der Waals surface area contributed by atoms with Gasteiger partial charge in [0, 0.05) is 31.1 Å². The van der Waals surface area contributed by atoms with Crippen LogP contribution >= 0.6 is 11.3 Å². The molecule has 1 aliphatic carbocycles. The number of nitrogens with one attached hydrogen (secondary N) is 1. The van der Waals surface area contributed by atoms with E-state index in [0.717, 1.165) is 19.3 Å². The van der Waals surface area contributed by atoms with E-state index < -0.39 is 6.29 Å². The van der Waals surface area contributed by atoms with Gasteiger partial charge in [-0.3, -0.25) is 4.79 Å². The van der Waals surface area contributed by atoms with Crippen molar-refractivity contribution in [3.63, 3.8) is 0 Å². The molecule has 2 aliphatic rings.